The maximum Gasteiger partial charge on any atom is 0.416 e. The van der Waals surface area contributed by atoms with Gasteiger partial charge < -0.3 is 9.40 Å². The molecular formula is C16H9F3N2OS. The van der Waals surface area contributed by atoms with Crippen LogP contribution in [0.2, 0.25) is 0 Å². The van der Waals surface area contributed by atoms with E-state index in [2.05, 4.69) is 9.97 Å². The van der Waals surface area contributed by atoms with Crippen LogP contribution in [0.25, 0.3) is 33.0 Å². The fourth-order valence-corrected chi connectivity index (χ4v) is 3.12. The Kier molecular flexibility index (Phi) is 3.05. The topological polar surface area (TPSA) is 41.8 Å². The summed E-state index contributed by atoms with van der Waals surface area (Å²) in [5.41, 5.74) is 1.04. The highest BCUT2D eigenvalue weighted by Crippen LogP contribution is 2.35. The number of aromatic nitrogens is 2. The van der Waals surface area contributed by atoms with E-state index in [1.807, 2.05) is 17.6 Å². The summed E-state index contributed by atoms with van der Waals surface area (Å²) >= 11 is 1.45. The summed E-state index contributed by atoms with van der Waals surface area (Å²) in [6.07, 6.45) is -0.754. The van der Waals surface area contributed by atoms with E-state index >= 15 is 0 Å². The predicted molar refractivity (Wildman–Crippen MR) is 82.1 cm³/mol. The molecule has 1 N–H and O–H groups in total. The molecule has 0 aliphatic heterocycles. The van der Waals surface area contributed by atoms with Crippen LogP contribution in [0.4, 0.5) is 13.2 Å². The second-order valence-electron chi connectivity index (χ2n) is 5.00. The summed E-state index contributed by atoms with van der Waals surface area (Å²) in [6.45, 7) is 0. The van der Waals surface area contributed by atoms with Crippen molar-refractivity contribution < 1.29 is 17.6 Å². The third-order valence-corrected chi connectivity index (χ3v) is 4.34. The van der Waals surface area contributed by atoms with Crippen LogP contribution in [-0.2, 0) is 6.18 Å². The molecule has 1 aromatic carbocycles. The molecular weight excluding hydrogens is 325 g/mol. The molecule has 0 saturated carbocycles. The van der Waals surface area contributed by atoms with Crippen molar-refractivity contribution in [2.24, 2.45) is 0 Å². The number of H-pyrrole nitrogens is 1. The number of rotatable bonds is 2. The first-order valence-electron chi connectivity index (χ1n) is 6.70. The van der Waals surface area contributed by atoms with Crippen LogP contribution < -0.4 is 0 Å². The van der Waals surface area contributed by atoms with Gasteiger partial charge in [0, 0.05) is 28.7 Å². The number of hydrogen-bond acceptors (Lipinski definition) is 3. The second kappa shape index (κ2) is 4.99. The van der Waals surface area contributed by atoms with Gasteiger partial charge in [0.15, 0.2) is 5.76 Å². The molecule has 116 valence electrons. The van der Waals surface area contributed by atoms with E-state index < -0.39 is 11.7 Å². The molecule has 0 radical (unpaired) electrons. The Morgan fingerprint density at radius 1 is 1.13 bits per heavy atom. The molecule has 3 heterocycles. The minimum atomic E-state index is -4.39. The summed E-state index contributed by atoms with van der Waals surface area (Å²) < 4.78 is 43.8. The molecule has 3 nitrogen and oxygen atoms in total. The molecule has 0 amide bonds. The SMILES string of the molecule is FC(F)(F)c1ccc2cc(-c3csc(-c4cc[nH]c4)n3)oc2c1. The lowest BCUT2D eigenvalue weighted by molar-refractivity contribution is -0.137. The van der Waals surface area contributed by atoms with Crippen molar-refractivity contribution in [3.05, 3.63) is 53.7 Å². The molecule has 0 saturated heterocycles. The van der Waals surface area contributed by atoms with Gasteiger partial charge in [-0.3, -0.25) is 0 Å². The normalized spacial score (nSPS) is 12.1. The minimum absolute atomic E-state index is 0.200. The summed E-state index contributed by atoms with van der Waals surface area (Å²) in [5, 5.41) is 3.26. The molecule has 23 heavy (non-hydrogen) atoms. The first-order chi connectivity index (χ1) is 11.0. The second-order valence-corrected chi connectivity index (χ2v) is 5.86. The standard InChI is InChI=1S/C16H9F3N2OS/c17-16(18,19)11-2-1-9-5-14(22-13(9)6-11)12-8-23-15(21-12)10-3-4-20-7-10/h1-8,20H. The Morgan fingerprint density at radius 3 is 2.74 bits per heavy atom. The lowest BCUT2D eigenvalue weighted by atomic mass is 10.1. The number of furan rings is 1. The molecule has 0 spiro atoms. The van der Waals surface area contributed by atoms with Crippen molar-refractivity contribution >= 4 is 22.3 Å². The molecule has 0 atom stereocenters. The summed E-state index contributed by atoms with van der Waals surface area (Å²) in [5.74, 6) is 0.456. The lowest BCUT2D eigenvalue weighted by Gasteiger charge is -2.04. The van der Waals surface area contributed by atoms with Gasteiger partial charge in [0.05, 0.1) is 5.56 Å². The van der Waals surface area contributed by atoms with Gasteiger partial charge in [-0.05, 0) is 24.3 Å². The molecule has 0 bridgehead atoms. The lowest BCUT2D eigenvalue weighted by Crippen LogP contribution is -2.03. The van der Waals surface area contributed by atoms with Gasteiger partial charge >= 0.3 is 6.18 Å². The van der Waals surface area contributed by atoms with Crippen molar-refractivity contribution in [3.63, 3.8) is 0 Å². The van der Waals surface area contributed by atoms with Gasteiger partial charge in [-0.1, -0.05) is 6.07 Å². The van der Waals surface area contributed by atoms with Crippen LogP contribution in [0.15, 0.2) is 52.5 Å². The van der Waals surface area contributed by atoms with Crippen LogP contribution in [0.5, 0.6) is 0 Å². The third-order valence-electron chi connectivity index (χ3n) is 3.45. The fourth-order valence-electron chi connectivity index (χ4n) is 2.31. The number of alkyl halides is 3. The Hall–Kier alpha value is -2.54. The summed E-state index contributed by atoms with van der Waals surface area (Å²) in [6, 6.07) is 7.07. The third kappa shape index (κ3) is 2.53. The van der Waals surface area contributed by atoms with Crippen LogP contribution in [0.3, 0.4) is 0 Å². The first-order valence-corrected chi connectivity index (χ1v) is 7.58. The van der Waals surface area contributed by atoms with Crippen molar-refractivity contribution in [2.75, 3.05) is 0 Å². The number of thiazole rings is 1. The predicted octanol–water partition coefficient (Wildman–Crippen LogP) is 5.57. The Morgan fingerprint density at radius 2 is 2.00 bits per heavy atom. The van der Waals surface area contributed by atoms with Crippen LogP contribution in [-0.4, -0.2) is 9.97 Å². The molecule has 7 heteroatoms. The van der Waals surface area contributed by atoms with Gasteiger partial charge in [0.25, 0.3) is 0 Å². The Balaban J connectivity index is 1.75. The van der Waals surface area contributed by atoms with Crippen molar-refractivity contribution in [1.82, 2.24) is 9.97 Å². The zero-order chi connectivity index (χ0) is 16.0. The highest BCUT2D eigenvalue weighted by molar-refractivity contribution is 7.13. The number of benzene rings is 1. The van der Waals surface area contributed by atoms with Gasteiger partial charge in [-0.25, -0.2) is 4.98 Å². The molecule has 4 rings (SSSR count). The van der Waals surface area contributed by atoms with Crippen LogP contribution >= 0.6 is 11.3 Å². The van der Waals surface area contributed by atoms with Crippen molar-refractivity contribution in [2.45, 2.75) is 6.18 Å². The number of fused-ring (bicyclic) bond motifs is 1. The zero-order valence-corrected chi connectivity index (χ0v) is 12.3. The van der Waals surface area contributed by atoms with E-state index in [-0.39, 0.29) is 5.58 Å². The van der Waals surface area contributed by atoms with E-state index in [1.165, 1.54) is 17.4 Å². The molecule has 4 aromatic rings. The molecule has 0 fully saturated rings. The quantitative estimate of drug-likeness (QED) is 0.521. The minimum Gasteiger partial charge on any atom is -0.454 e. The monoisotopic (exact) mass is 334 g/mol. The van der Waals surface area contributed by atoms with Gasteiger partial charge in [-0.15, -0.1) is 11.3 Å². The van der Waals surface area contributed by atoms with E-state index in [1.54, 1.807) is 12.3 Å². The van der Waals surface area contributed by atoms with E-state index in [0.29, 0.717) is 16.8 Å². The number of aromatic amines is 1. The smallest absolute Gasteiger partial charge is 0.416 e. The van der Waals surface area contributed by atoms with Crippen LogP contribution in [0, 0.1) is 0 Å². The first kappa shape index (κ1) is 14.1. The largest absolute Gasteiger partial charge is 0.454 e. The Bertz CT molecular complexity index is 967. The summed E-state index contributed by atoms with van der Waals surface area (Å²) in [7, 11) is 0. The highest BCUT2D eigenvalue weighted by Gasteiger charge is 2.31. The maximum atomic E-state index is 12.8. The fraction of sp³-hybridized carbons (Fsp3) is 0.0625. The van der Waals surface area contributed by atoms with Gasteiger partial charge in [-0.2, -0.15) is 13.2 Å². The van der Waals surface area contributed by atoms with E-state index in [4.69, 9.17) is 4.42 Å². The number of halogens is 3. The van der Waals surface area contributed by atoms with Crippen molar-refractivity contribution in [3.8, 4) is 22.0 Å². The van der Waals surface area contributed by atoms with Crippen LogP contribution in [0.1, 0.15) is 5.56 Å². The molecule has 0 aliphatic rings. The van der Waals surface area contributed by atoms with Crippen molar-refractivity contribution in [1.29, 1.82) is 0 Å². The number of hydrogen-bond donors (Lipinski definition) is 1. The molecule has 0 unspecified atom stereocenters. The van der Waals surface area contributed by atoms with Gasteiger partial charge in [0.2, 0.25) is 0 Å². The zero-order valence-electron chi connectivity index (χ0n) is 11.5. The molecule has 3 aromatic heterocycles. The highest BCUT2D eigenvalue weighted by atomic mass is 32.1. The van der Waals surface area contributed by atoms with E-state index in [0.717, 1.165) is 22.7 Å². The average molecular weight is 334 g/mol. The average Bonchev–Trinajstić information content (AvgIpc) is 3.24. The Labute approximate surface area is 132 Å². The number of nitrogens with one attached hydrogen (secondary N) is 1. The maximum absolute atomic E-state index is 12.8. The number of nitrogens with zero attached hydrogens (tertiary/aromatic N) is 1. The summed E-state index contributed by atoms with van der Waals surface area (Å²) in [4.78, 5) is 7.43. The molecule has 0 aliphatic carbocycles. The van der Waals surface area contributed by atoms with E-state index in [9.17, 15) is 13.2 Å². The van der Waals surface area contributed by atoms with Gasteiger partial charge in [0.1, 0.15) is 16.3 Å².